The molecule has 1 aromatic carbocycles. The van der Waals surface area contributed by atoms with Crippen molar-refractivity contribution in [3.05, 3.63) is 34.6 Å². The summed E-state index contributed by atoms with van der Waals surface area (Å²) in [7, 11) is 0. The van der Waals surface area contributed by atoms with Gasteiger partial charge in [0, 0.05) is 24.7 Å². The fourth-order valence-corrected chi connectivity index (χ4v) is 2.26. The van der Waals surface area contributed by atoms with Crippen molar-refractivity contribution in [2.45, 2.75) is 31.8 Å². The van der Waals surface area contributed by atoms with E-state index in [0.29, 0.717) is 0 Å². The van der Waals surface area contributed by atoms with Crippen LogP contribution in [0.1, 0.15) is 24.8 Å². The van der Waals surface area contributed by atoms with Gasteiger partial charge >= 0.3 is 0 Å². The Morgan fingerprint density at radius 1 is 0.900 bits per heavy atom. The summed E-state index contributed by atoms with van der Waals surface area (Å²) in [6, 6.07) is 0.0112. The summed E-state index contributed by atoms with van der Waals surface area (Å²) in [6.45, 7) is -0.521. The van der Waals surface area contributed by atoms with E-state index in [1.807, 2.05) is 0 Å². The Balaban J connectivity index is 2.31. The molecule has 1 aromatic rings. The van der Waals surface area contributed by atoms with Crippen molar-refractivity contribution in [3.63, 3.8) is 0 Å². The number of hydrogen-bond donors (Lipinski definition) is 1. The highest BCUT2D eigenvalue weighted by atomic mass is 19.2. The number of hydrogen-bond acceptors (Lipinski definition) is 2. The van der Waals surface area contributed by atoms with Crippen molar-refractivity contribution in [2.24, 2.45) is 0 Å². The Hall–Kier alpha value is -1.21. The topological polar surface area (TPSA) is 23.5 Å². The molecule has 0 atom stereocenters. The molecule has 0 saturated heterocycles. The van der Waals surface area contributed by atoms with Crippen LogP contribution in [0.2, 0.25) is 0 Å². The molecule has 0 aliphatic heterocycles. The zero-order chi connectivity index (χ0) is 14.9. The molecule has 20 heavy (non-hydrogen) atoms. The van der Waals surface area contributed by atoms with Crippen LogP contribution in [0.15, 0.2) is 0 Å². The third-order valence-corrected chi connectivity index (χ3v) is 3.64. The molecule has 0 radical (unpaired) electrons. The number of rotatable bonds is 5. The average Bonchev–Trinajstić information content (AvgIpc) is 2.37. The van der Waals surface area contributed by atoms with E-state index in [9.17, 15) is 22.0 Å². The predicted molar refractivity (Wildman–Crippen MR) is 61.4 cm³/mol. The molecule has 1 N–H and O–H groups in total. The van der Waals surface area contributed by atoms with Gasteiger partial charge in [0.05, 0.1) is 6.61 Å². The van der Waals surface area contributed by atoms with Crippen LogP contribution in [0.25, 0.3) is 0 Å². The van der Waals surface area contributed by atoms with Gasteiger partial charge in [0.15, 0.2) is 23.3 Å². The summed E-state index contributed by atoms with van der Waals surface area (Å²) >= 11 is 0. The lowest BCUT2D eigenvalue weighted by molar-refractivity contribution is 0.0915. The molecule has 0 amide bonds. The molecule has 1 aliphatic rings. The van der Waals surface area contributed by atoms with E-state index in [1.165, 1.54) is 0 Å². The van der Waals surface area contributed by atoms with Gasteiger partial charge in [-0.15, -0.1) is 0 Å². The Morgan fingerprint density at radius 3 is 1.80 bits per heavy atom. The van der Waals surface area contributed by atoms with Gasteiger partial charge in [-0.1, -0.05) is 6.42 Å². The Morgan fingerprint density at radius 2 is 1.40 bits per heavy atom. The highest BCUT2D eigenvalue weighted by Gasteiger charge is 2.30. The summed E-state index contributed by atoms with van der Waals surface area (Å²) < 4.78 is 66.3. The van der Waals surface area contributed by atoms with Crippen molar-refractivity contribution in [2.75, 3.05) is 13.2 Å². The van der Waals surface area contributed by atoms with Crippen molar-refractivity contribution < 1.29 is 27.1 Å². The zero-order valence-electron chi connectivity index (χ0n) is 10.6. The second-order valence-electron chi connectivity index (χ2n) is 4.83. The number of halogens is 5. The van der Waals surface area contributed by atoms with Crippen LogP contribution in [0.5, 0.6) is 0 Å². The maximum absolute atomic E-state index is 13.6. The number of aliphatic hydroxyl groups excluding tert-OH is 1. The summed E-state index contributed by atoms with van der Waals surface area (Å²) in [4.78, 5) is 1.54. The first kappa shape index (κ1) is 15.2. The number of benzene rings is 1. The van der Waals surface area contributed by atoms with Gasteiger partial charge < -0.3 is 5.11 Å². The molecule has 0 heterocycles. The van der Waals surface area contributed by atoms with Crippen LogP contribution < -0.4 is 0 Å². The first-order chi connectivity index (χ1) is 9.47. The van der Waals surface area contributed by atoms with Gasteiger partial charge in [0.1, 0.15) is 0 Å². The molecule has 112 valence electrons. The first-order valence-electron chi connectivity index (χ1n) is 6.32. The van der Waals surface area contributed by atoms with Crippen LogP contribution >= 0.6 is 0 Å². The maximum atomic E-state index is 13.6. The van der Waals surface area contributed by atoms with Gasteiger partial charge in [0.25, 0.3) is 0 Å². The molecule has 7 heteroatoms. The molecule has 2 rings (SSSR count). The normalized spacial score (nSPS) is 15.8. The molecule has 2 nitrogen and oxygen atoms in total. The van der Waals surface area contributed by atoms with Gasteiger partial charge in [0.2, 0.25) is 5.82 Å². The van der Waals surface area contributed by atoms with E-state index in [-0.39, 0.29) is 19.2 Å². The van der Waals surface area contributed by atoms with Gasteiger partial charge in [-0.3, -0.25) is 4.90 Å². The molecule has 0 spiro atoms. The standard InChI is InChI=1S/C13H14F5NO/c14-9-8(10(15)12(17)13(18)11(9)16)6-19(4-5-20)7-2-1-3-7/h7,20H,1-6H2. The predicted octanol–water partition coefficient (Wildman–Crippen LogP) is 2.73. The molecule has 1 fully saturated rings. The lowest BCUT2D eigenvalue weighted by Gasteiger charge is -2.37. The number of nitrogens with zero attached hydrogens (tertiary/aromatic N) is 1. The molecule has 0 aromatic heterocycles. The Bertz CT molecular complexity index is 475. The lowest BCUT2D eigenvalue weighted by atomic mass is 9.91. The first-order valence-corrected chi connectivity index (χ1v) is 6.32. The second-order valence-corrected chi connectivity index (χ2v) is 4.83. The molecular formula is C13H14F5NO. The lowest BCUT2D eigenvalue weighted by Crippen LogP contribution is -2.41. The van der Waals surface area contributed by atoms with Crippen molar-refractivity contribution >= 4 is 0 Å². The van der Waals surface area contributed by atoms with Crippen molar-refractivity contribution in [1.29, 1.82) is 0 Å². The molecule has 1 saturated carbocycles. The van der Waals surface area contributed by atoms with Crippen molar-refractivity contribution in [3.8, 4) is 0 Å². The second kappa shape index (κ2) is 6.05. The third kappa shape index (κ3) is 2.64. The van der Waals surface area contributed by atoms with E-state index in [2.05, 4.69) is 0 Å². The van der Waals surface area contributed by atoms with E-state index in [0.717, 1.165) is 19.3 Å². The Kier molecular flexibility index (Phi) is 4.59. The van der Waals surface area contributed by atoms with Gasteiger partial charge in [-0.05, 0) is 12.8 Å². The maximum Gasteiger partial charge on any atom is 0.200 e. The molecular weight excluding hydrogens is 281 g/mol. The van der Waals surface area contributed by atoms with Gasteiger partial charge in [-0.25, -0.2) is 22.0 Å². The van der Waals surface area contributed by atoms with Crippen LogP contribution in [0.4, 0.5) is 22.0 Å². The van der Waals surface area contributed by atoms with E-state index in [4.69, 9.17) is 5.11 Å². The molecule has 1 aliphatic carbocycles. The number of aliphatic hydroxyl groups is 1. The van der Waals surface area contributed by atoms with Crippen LogP contribution in [-0.2, 0) is 6.54 Å². The monoisotopic (exact) mass is 295 g/mol. The summed E-state index contributed by atoms with van der Waals surface area (Å²) in [5.41, 5.74) is -0.846. The SMILES string of the molecule is OCCN(Cc1c(F)c(F)c(F)c(F)c1F)C1CCC1. The Labute approximate surface area is 112 Å². The summed E-state index contributed by atoms with van der Waals surface area (Å²) in [6.07, 6.45) is 2.52. The molecule has 0 unspecified atom stereocenters. The van der Waals surface area contributed by atoms with E-state index < -0.39 is 41.2 Å². The van der Waals surface area contributed by atoms with Crippen molar-refractivity contribution in [1.82, 2.24) is 4.90 Å². The summed E-state index contributed by atoms with van der Waals surface area (Å²) in [5, 5.41) is 8.94. The highest BCUT2D eigenvalue weighted by molar-refractivity contribution is 5.24. The van der Waals surface area contributed by atoms with E-state index >= 15 is 0 Å². The van der Waals surface area contributed by atoms with E-state index in [1.54, 1.807) is 4.90 Å². The zero-order valence-corrected chi connectivity index (χ0v) is 10.6. The van der Waals surface area contributed by atoms with Crippen LogP contribution in [0.3, 0.4) is 0 Å². The van der Waals surface area contributed by atoms with Crippen LogP contribution in [0, 0.1) is 29.1 Å². The summed E-state index contributed by atoms with van der Waals surface area (Å²) in [5.74, 6) is -9.62. The average molecular weight is 295 g/mol. The molecule has 0 bridgehead atoms. The third-order valence-electron chi connectivity index (χ3n) is 3.64. The fourth-order valence-electron chi connectivity index (χ4n) is 2.26. The van der Waals surface area contributed by atoms with Gasteiger partial charge in [-0.2, -0.15) is 0 Å². The fraction of sp³-hybridized carbons (Fsp3) is 0.538. The smallest absolute Gasteiger partial charge is 0.200 e. The minimum atomic E-state index is -2.15. The highest BCUT2D eigenvalue weighted by Crippen LogP contribution is 2.29. The minimum absolute atomic E-state index is 0.0112. The minimum Gasteiger partial charge on any atom is -0.395 e. The van der Waals surface area contributed by atoms with Crippen LogP contribution in [-0.4, -0.2) is 29.2 Å². The largest absolute Gasteiger partial charge is 0.395 e. The quantitative estimate of drug-likeness (QED) is 0.513.